The molecule has 0 aromatic heterocycles. The molecule has 0 heterocycles. The maximum absolute atomic E-state index is 11.8. The van der Waals surface area contributed by atoms with Crippen molar-refractivity contribution in [3.8, 4) is 5.75 Å². The Bertz CT molecular complexity index is 312. The summed E-state index contributed by atoms with van der Waals surface area (Å²) in [6.07, 6.45) is -4.65. The Balaban J connectivity index is 2.72. The van der Waals surface area contributed by atoms with Gasteiger partial charge in [0.15, 0.2) is 0 Å². The third-order valence-corrected chi connectivity index (χ3v) is 2.10. The van der Waals surface area contributed by atoms with Crippen LogP contribution in [-0.2, 0) is 0 Å². The normalized spacial score (nSPS) is 13.7. The first-order chi connectivity index (χ1) is 6.92. The fraction of sp³-hybridized carbons (Fsp3) is 0.333. The van der Waals surface area contributed by atoms with Crippen LogP contribution in [0.2, 0.25) is 0 Å². The lowest BCUT2D eigenvalue weighted by Crippen LogP contribution is -2.17. The van der Waals surface area contributed by atoms with Crippen molar-refractivity contribution in [2.75, 3.05) is 0 Å². The van der Waals surface area contributed by atoms with Crippen LogP contribution in [0.15, 0.2) is 24.3 Å². The lowest BCUT2D eigenvalue weighted by atomic mass is 10.1. The molecule has 1 N–H and O–H groups in total. The summed E-state index contributed by atoms with van der Waals surface area (Å²) in [6.45, 7) is 1.78. The third kappa shape index (κ3) is 3.97. The lowest BCUT2D eigenvalue weighted by Gasteiger charge is -2.11. The molecule has 0 spiro atoms. The minimum atomic E-state index is -4.65. The second-order valence-electron chi connectivity index (χ2n) is 2.95. The summed E-state index contributed by atoms with van der Waals surface area (Å²) in [5.74, 6) is -0.243. The van der Waals surface area contributed by atoms with Gasteiger partial charge in [0.2, 0.25) is 0 Å². The Morgan fingerprint density at radius 2 is 1.80 bits per heavy atom. The van der Waals surface area contributed by atoms with Crippen LogP contribution in [0.25, 0.3) is 0 Å². The first kappa shape index (κ1) is 12.1. The SMILES string of the molecule is C[C@H](NCl)c1ccc(OC(F)(F)F)cc1. The van der Waals surface area contributed by atoms with E-state index in [4.69, 9.17) is 11.8 Å². The summed E-state index contributed by atoms with van der Waals surface area (Å²) in [5, 5.41) is 0. The molecule has 0 bridgehead atoms. The summed E-state index contributed by atoms with van der Waals surface area (Å²) in [7, 11) is 0. The molecule has 15 heavy (non-hydrogen) atoms. The molecular weight excluding hydrogens is 231 g/mol. The largest absolute Gasteiger partial charge is 0.573 e. The molecule has 1 atom stereocenters. The fourth-order valence-corrected chi connectivity index (χ4v) is 1.15. The second-order valence-corrected chi connectivity index (χ2v) is 3.17. The first-order valence-electron chi connectivity index (χ1n) is 4.14. The number of nitrogens with one attached hydrogen (secondary N) is 1. The number of hydrogen-bond acceptors (Lipinski definition) is 2. The van der Waals surface area contributed by atoms with Gasteiger partial charge in [0.25, 0.3) is 0 Å². The van der Waals surface area contributed by atoms with E-state index in [9.17, 15) is 13.2 Å². The van der Waals surface area contributed by atoms with E-state index in [-0.39, 0.29) is 11.8 Å². The van der Waals surface area contributed by atoms with Gasteiger partial charge in [0, 0.05) is 6.04 Å². The van der Waals surface area contributed by atoms with Crippen molar-refractivity contribution in [3.05, 3.63) is 29.8 Å². The number of ether oxygens (including phenoxy) is 1. The Hall–Kier alpha value is -0.940. The van der Waals surface area contributed by atoms with E-state index in [0.29, 0.717) is 0 Å². The highest BCUT2D eigenvalue weighted by Gasteiger charge is 2.30. The molecular formula is C9H9ClF3NO. The molecule has 0 aliphatic heterocycles. The molecule has 0 aliphatic carbocycles. The van der Waals surface area contributed by atoms with Gasteiger partial charge < -0.3 is 4.74 Å². The molecule has 2 nitrogen and oxygen atoms in total. The summed E-state index contributed by atoms with van der Waals surface area (Å²) in [6, 6.07) is 5.38. The highest BCUT2D eigenvalue weighted by atomic mass is 35.5. The molecule has 0 unspecified atom stereocenters. The van der Waals surface area contributed by atoms with Gasteiger partial charge in [0.05, 0.1) is 0 Å². The van der Waals surface area contributed by atoms with Crippen molar-refractivity contribution in [2.45, 2.75) is 19.3 Å². The van der Waals surface area contributed by atoms with Gasteiger partial charge in [-0.05, 0) is 36.4 Å². The van der Waals surface area contributed by atoms with E-state index >= 15 is 0 Å². The second kappa shape index (κ2) is 4.72. The summed E-state index contributed by atoms with van der Waals surface area (Å²) in [4.78, 5) is 2.46. The average molecular weight is 240 g/mol. The molecule has 1 rings (SSSR count). The summed E-state index contributed by atoms with van der Waals surface area (Å²) < 4.78 is 39.1. The van der Waals surface area contributed by atoms with Gasteiger partial charge in [0.1, 0.15) is 5.75 Å². The van der Waals surface area contributed by atoms with Gasteiger partial charge in [-0.1, -0.05) is 12.1 Å². The number of alkyl halides is 3. The van der Waals surface area contributed by atoms with E-state index in [2.05, 4.69) is 9.57 Å². The van der Waals surface area contributed by atoms with Gasteiger partial charge >= 0.3 is 6.36 Å². The van der Waals surface area contributed by atoms with E-state index in [1.54, 1.807) is 6.92 Å². The molecule has 1 aromatic rings. The molecule has 0 fully saturated rings. The molecule has 6 heteroatoms. The minimum absolute atomic E-state index is 0.133. The molecule has 84 valence electrons. The zero-order valence-electron chi connectivity index (χ0n) is 7.81. The number of rotatable bonds is 3. The van der Waals surface area contributed by atoms with E-state index < -0.39 is 6.36 Å². The lowest BCUT2D eigenvalue weighted by molar-refractivity contribution is -0.274. The highest BCUT2D eigenvalue weighted by molar-refractivity contribution is 6.13. The van der Waals surface area contributed by atoms with E-state index in [1.807, 2.05) is 0 Å². The molecule has 0 radical (unpaired) electrons. The van der Waals surface area contributed by atoms with Crippen LogP contribution in [0.4, 0.5) is 13.2 Å². The van der Waals surface area contributed by atoms with Gasteiger partial charge in [-0.2, -0.15) is 0 Å². The number of benzene rings is 1. The fourth-order valence-electron chi connectivity index (χ4n) is 1.02. The van der Waals surface area contributed by atoms with Crippen molar-refractivity contribution in [1.82, 2.24) is 4.84 Å². The molecule has 0 amide bonds. The van der Waals surface area contributed by atoms with Crippen LogP contribution in [-0.4, -0.2) is 6.36 Å². The average Bonchev–Trinajstić information content (AvgIpc) is 2.15. The third-order valence-electron chi connectivity index (χ3n) is 1.78. The van der Waals surface area contributed by atoms with Crippen molar-refractivity contribution < 1.29 is 17.9 Å². The van der Waals surface area contributed by atoms with Gasteiger partial charge in [-0.25, -0.2) is 4.84 Å². The molecule has 0 saturated heterocycles. The quantitative estimate of drug-likeness (QED) is 0.817. The van der Waals surface area contributed by atoms with Crippen LogP contribution < -0.4 is 9.57 Å². The maximum Gasteiger partial charge on any atom is 0.573 e. The van der Waals surface area contributed by atoms with Gasteiger partial charge in [-0.15, -0.1) is 13.2 Å². The monoisotopic (exact) mass is 239 g/mol. The van der Waals surface area contributed by atoms with Crippen LogP contribution in [0, 0.1) is 0 Å². The van der Waals surface area contributed by atoms with Crippen LogP contribution in [0.3, 0.4) is 0 Å². The Labute approximate surface area is 90.1 Å². The van der Waals surface area contributed by atoms with Crippen LogP contribution in [0.5, 0.6) is 5.75 Å². The molecule has 1 aromatic carbocycles. The summed E-state index contributed by atoms with van der Waals surface area (Å²) in [5.41, 5.74) is 0.777. The Morgan fingerprint density at radius 1 is 1.27 bits per heavy atom. The Kier molecular flexibility index (Phi) is 3.82. The maximum atomic E-state index is 11.8. The van der Waals surface area contributed by atoms with Crippen molar-refractivity contribution in [1.29, 1.82) is 0 Å². The number of hydrogen-bond donors (Lipinski definition) is 1. The van der Waals surface area contributed by atoms with Gasteiger partial charge in [-0.3, -0.25) is 0 Å². The molecule has 0 aliphatic rings. The Morgan fingerprint density at radius 3 is 2.20 bits per heavy atom. The smallest absolute Gasteiger partial charge is 0.406 e. The number of halogens is 4. The van der Waals surface area contributed by atoms with Crippen molar-refractivity contribution in [2.24, 2.45) is 0 Å². The topological polar surface area (TPSA) is 21.3 Å². The molecule has 0 saturated carbocycles. The minimum Gasteiger partial charge on any atom is -0.406 e. The zero-order chi connectivity index (χ0) is 11.5. The van der Waals surface area contributed by atoms with E-state index in [1.165, 1.54) is 24.3 Å². The highest BCUT2D eigenvalue weighted by Crippen LogP contribution is 2.24. The van der Waals surface area contributed by atoms with Crippen molar-refractivity contribution >= 4 is 11.8 Å². The van der Waals surface area contributed by atoms with E-state index in [0.717, 1.165) is 5.56 Å². The predicted octanol–water partition coefficient (Wildman–Crippen LogP) is 3.39. The first-order valence-corrected chi connectivity index (χ1v) is 4.52. The standard InChI is InChI=1S/C9H9ClF3NO/c1-6(14-10)7-2-4-8(5-3-7)15-9(11,12)13/h2-6,14H,1H3/t6-/m0/s1. The zero-order valence-corrected chi connectivity index (χ0v) is 8.56. The van der Waals surface area contributed by atoms with Crippen molar-refractivity contribution in [3.63, 3.8) is 0 Å². The van der Waals surface area contributed by atoms with Crippen LogP contribution >= 0.6 is 11.8 Å². The van der Waals surface area contributed by atoms with Crippen LogP contribution in [0.1, 0.15) is 18.5 Å². The predicted molar refractivity (Wildman–Crippen MR) is 50.5 cm³/mol. The summed E-state index contributed by atoms with van der Waals surface area (Å²) >= 11 is 5.37.